The van der Waals surface area contributed by atoms with Crippen LogP contribution < -0.4 is 0 Å². The van der Waals surface area contributed by atoms with Crippen molar-refractivity contribution in [1.29, 1.82) is 0 Å². The molecule has 0 N–H and O–H groups in total. The van der Waals surface area contributed by atoms with Gasteiger partial charge >= 0.3 is 0 Å². The summed E-state index contributed by atoms with van der Waals surface area (Å²) in [6, 6.07) is 4.97. The normalized spacial score (nSPS) is 10.8. The molecule has 0 spiro atoms. The van der Waals surface area contributed by atoms with Crippen LogP contribution in [0.15, 0.2) is 12.1 Å². The molecular weight excluding hydrogens is 427 g/mol. The Balaban J connectivity index is 0.00000200. The van der Waals surface area contributed by atoms with Crippen LogP contribution in [0.5, 0.6) is 0 Å². The second kappa shape index (κ2) is 6.26. The van der Waals surface area contributed by atoms with E-state index < -0.39 is 0 Å². The van der Waals surface area contributed by atoms with Crippen molar-refractivity contribution in [1.82, 2.24) is 9.78 Å². The molecule has 1 heterocycles. The first kappa shape index (κ1) is 17.2. The molecule has 1 aromatic carbocycles. The maximum atomic E-state index is 4.68. The Labute approximate surface area is 136 Å². The third-order valence-corrected chi connectivity index (χ3v) is 4.03. The first-order valence-corrected chi connectivity index (χ1v) is 6.96. The van der Waals surface area contributed by atoms with Crippen molar-refractivity contribution >= 4 is 0 Å². The zero-order valence-corrected chi connectivity index (χ0v) is 15.7. The standard InChI is InChI=1S/C17H24N2.Pt/c1-10(2)19-15(7)17(14(6)18-19)16-8-11(3)13(5)12(4)9-16;/h8-10H,1-7H3;. The molecule has 0 aliphatic rings. The average Bonchev–Trinajstić information content (AvgIpc) is 2.61. The molecule has 0 radical (unpaired) electrons. The van der Waals surface area contributed by atoms with Crippen molar-refractivity contribution in [2.75, 3.05) is 0 Å². The Hall–Kier alpha value is -0.882. The van der Waals surface area contributed by atoms with Gasteiger partial charge in [-0.3, -0.25) is 4.68 Å². The fourth-order valence-corrected chi connectivity index (χ4v) is 2.76. The number of hydrogen-bond donors (Lipinski definition) is 0. The van der Waals surface area contributed by atoms with Gasteiger partial charge in [0.2, 0.25) is 0 Å². The minimum atomic E-state index is 0. The Kier molecular flexibility index (Phi) is 5.38. The molecule has 3 heteroatoms. The Morgan fingerprint density at radius 1 is 0.950 bits per heavy atom. The smallest absolute Gasteiger partial charge is 0.0675 e. The van der Waals surface area contributed by atoms with Crippen LogP contribution in [0.1, 0.15) is 48.0 Å². The summed E-state index contributed by atoms with van der Waals surface area (Å²) in [5.74, 6) is 0. The summed E-state index contributed by atoms with van der Waals surface area (Å²) in [4.78, 5) is 0. The van der Waals surface area contributed by atoms with Gasteiger partial charge in [0.15, 0.2) is 0 Å². The summed E-state index contributed by atoms with van der Waals surface area (Å²) in [7, 11) is 0. The van der Waals surface area contributed by atoms with Gasteiger partial charge in [-0.15, -0.1) is 0 Å². The summed E-state index contributed by atoms with van der Waals surface area (Å²) in [6.45, 7) is 15.2. The molecule has 0 unspecified atom stereocenters. The van der Waals surface area contributed by atoms with Crippen LogP contribution in [-0.4, -0.2) is 9.78 Å². The van der Waals surface area contributed by atoms with E-state index in [1.54, 1.807) is 0 Å². The molecule has 0 atom stereocenters. The van der Waals surface area contributed by atoms with Crippen molar-refractivity contribution in [2.24, 2.45) is 0 Å². The third kappa shape index (κ3) is 2.91. The van der Waals surface area contributed by atoms with Gasteiger partial charge in [0, 0.05) is 38.4 Å². The maximum Gasteiger partial charge on any atom is 0.0675 e. The van der Waals surface area contributed by atoms with Gasteiger partial charge in [0.1, 0.15) is 0 Å². The average molecular weight is 451 g/mol. The van der Waals surface area contributed by atoms with E-state index in [2.05, 4.69) is 70.4 Å². The first-order valence-electron chi connectivity index (χ1n) is 6.96. The molecule has 0 fully saturated rings. The number of aromatic nitrogens is 2. The molecule has 0 saturated carbocycles. The Bertz CT molecular complexity index is 601. The van der Waals surface area contributed by atoms with Crippen molar-refractivity contribution in [3.05, 3.63) is 40.2 Å². The van der Waals surface area contributed by atoms with E-state index in [9.17, 15) is 0 Å². The predicted molar refractivity (Wildman–Crippen MR) is 81.7 cm³/mol. The van der Waals surface area contributed by atoms with Crippen LogP contribution in [0.25, 0.3) is 11.1 Å². The fourth-order valence-electron chi connectivity index (χ4n) is 2.76. The largest absolute Gasteiger partial charge is 0.266 e. The summed E-state index contributed by atoms with van der Waals surface area (Å²) in [5.41, 5.74) is 9.05. The van der Waals surface area contributed by atoms with E-state index in [0.29, 0.717) is 6.04 Å². The van der Waals surface area contributed by atoms with Gasteiger partial charge in [0.25, 0.3) is 0 Å². The second-order valence-corrected chi connectivity index (χ2v) is 5.82. The van der Waals surface area contributed by atoms with Crippen LogP contribution in [0.4, 0.5) is 0 Å². The van der Waals surface area contributed by atoms with E-state index in [1.165, 1.54) is 33.5 Å². The van der Waals surface area contributed by atoms with Crippen LogP contribution in [0.2, 0.25) is 0 Å². The number of nitrogens with zero attached hydrogens (tertiary/aromatic N) is 2. The molecule has 0 bridgehead atoms. The van der Waals surface area contributed by atoms with Crippen molar-refractivity contribution in [2.45, 2.75) is 54.5 Å². The zero-order valence-electron chi connectivity index (χ0n) is 13.4. The zero-order chi connectivity index (χ0) is 14.3. The van der Waals surface area contributed by atoms with Gasteiger partial charge in [-0.2, -0.15) is 5.10 Å². The van der Waals surface area contributed by atoms with Crippen LogP contribution in [0, 0.1) is 34.6 Å². The number of benzene rings is 1. The summed E-state index contributed by atoms with van der Waals surface area (Å²) in [5, 5.41) is 4.68. The topological polar surface area (TPSA) is 17.8 Å². The van der Waals surface area contributed by atoms with Gasteiger partial charge < -0.3 is 0 Å². The Morgan fingerprint density at radius 3 is 1.85 bits per heavy atom. The van der Waals surface area contributed by atoms with Crippen LogP contribution in [0.3, 0.4) is 0 Å². The number of aryl methyl sites for hydroxylation is 3. The molecule has 20 heavy (non-hydrogen) atoms. The maximum absolute atomic E-state index is 4.68. The number of hydrogen-bond acceptors (Lipinski definition) is 1. The molecule has 0 saturated heterocycles. The quantitative estimate of drug-likeness (QED) is 0.649. The van der Waals surface area contributed by atoms with Crippen molar-refractivity contribution in [3.8, 4) is 11.1 Å². The predicted octanol–water partition coefficient (Wildman–Crippen LogP) is 4.67. The van der Waals surface area contributed by atoms with Gasteiger partial charge in [-0.25, -0.2) is 0 Å². The molecule has 0 amide bonds. The van der Waals surface area contributed by atoms with Crippen molar-refractivity contribution < 1.29 is 21.1 Å². The molecule has 2 rings (SSSR count). The summed E-state index contributed by atoms with van der Waals surface area (Å²) < 4.78 is 2.12. The minimum absolute atomic E-state index is 0. The van der Waals surface area contributed by atoms with Crippen LogP contribution in [-0.2, 0) is 21.1 Å². The van der Waals surface area contributed by atoms with Crippen LogP contribution >= 0.6 is 0 Å². The van der Waals surface area contributed by atoms with E-state index in [-0.39, 0.29) is 21.1 Å². The van der Waals surface area contributed by atoms with E-state index in [0.717, 1.165) is 5.69 Å². The molecular formula is C17H24N2Pt. The molecule has 1 aromatic heterocycles. The summed E-state index contributed by atoms with van der Waals surface area (Å²) in [6.07, 6.45) is 0. The first-order chi connectivity index (χ1) is 8.82. The van der Waals surface area contributed by atoms with E-state index in [4.69, 9.17) is 0 Å². The number of rotatable bonds is 2. The Morgan fingerprint density at radius 2 is 1.45 bits per heavy atom. The second-order valence-electron chi connectivity index (χ2n) is 5.82. The summed E-state index contributed by atoms with van der Waals surface area (Å²) >= 11 is 0. The van der Waals surface area contributed by atoms with E-state index in [1.807, 2.05) is 0 Å². The third-order valence-electron chi connectivity index (χ3n) is 4.03. The van der Waals surface area contributed by atoms with Gasteiger partial charge in [0.05, 0.1) is 5.69 Å². The monoisotopic (exact) mass is 451 g/mol. The molecule has 2 nitrogen and oxygen atoms in total. The minimum Gasteiger partial charge on any atom is -0.266 e. The SMILES string of the molecule is Cc1cc(-c2c(C)nn(C(C)C)c2C)cc(C)c1C.[Pt]. The van der Waals surface area contributed by atoms with Gasteiger partial charge in [-0.05, 0) is 70.7 Å². The molecule has 112 valence electrons. The molecule has 0 aliphatic carbocycles. The molecule has 2 aromatic rings. The van der Waals surface area contributed by atoms with Crippen molar-refractivity contribution in [3.63, 3.8) is 0 Å². The van der Waals surface area contributed by atoms with E-state index >= 15 is 0 Å². The molecule has 0 aliphatic heterocycles. The van der Waals surface area contributed by atoms with Gasteiger partial charge in [-0.1, -0.05) is 12.1 Å². The fraction of sp³-hybridized carbons (Fsp3) is 0.471.